The third-order valence-corrected chi connectivity index (χ3v) is 7.85. The summed E-state index contributed by atoms with van der Waals surface area (Å²) in [6, 6.07) is 47.7. The van der Waals surface area contributed by atoms with E-state index < -0.39 is 0 Å². The van der Waals surface area contributed by atoms with E-state index in [2.05, 4.69) is 124 Å². The van der Waals surface area contributed by atoms with Gasteiger partial charge in [-0.1, -0.05) is 131 Å². The lowest BCUT2D eigenvalue weighted by Crippen LogP contribution is -2.00. The fourth-order valence-corrected chi connectivity index (χ4v) is 5.30. The number of hydrogen-bond acceptors (Lipinski definition) is 4. The van der Waals surface area contributed by atoms with Crippen molar-refractivity contribution in [2.45, 2.75) is 0 Å². The summed E-state index contributed by atoms with van der Waals surface area (Å²) in [6.45, 7) is 0. The normalized spacial score (nSPS) is 10.9. The van der Waals surface area contributed by atoms with Gasteiger partial charge >= 0.3 is 0 Å². The van der Waals surface area contributed by atoms with Gasteiger partial charge in [-0.15, -0.1) is 0 Å². The zero-order valence-corrected chi connectivity index (χ0v) is 24.7. The average molecular weight is 618 g/mol. The molecular formula is C38H25BrN4. The van der Waals surface area contributed by atoms with Gasteiger partial charge in [0.1, 0.15) is 0 Å². The Morgan fingerprint density at radius 2 is 0.791 bits per heavy atom. The van der Waals surface area contributed by atoms with Gasteiger partial charge in [-0.05, 0) is 57.6 Å². The summed E-state index contributed by atoms with van der Waals surface area (Å²) in [6.07, 6.45) is 3.65. The van der Waals surface area contributed by atoms with Crippen LogP contribution in [-0.2, 0) is 0 Å². The molecule has 4 nitrogen and oxygen atoms in total. The minimum Gasteiger partial charge on any atom is -0.264 e. The van der Waals surface area contributed by atoms with Crippen LogP contribution in [0.1, 0.15) is 0 Å². The summed E-state index contributed by atoms with van der Waals surface area (Å²) in [5.41, 5.74) is 9.55. The van der Waals surface area contributed by atoms with Crippen LogP contribution in [0.15, 0.2) is 156 Å². The number of benzene rings is 5. The summed E-state index contributed by atoms with van der Waals surface area (Å²) in [5, 5.41) is 0. The topological polar surface area (TPSA) is 51.6 Å². The van der Waals surface area contributed by atoms with E-state index in [-0.39, 0.29) is 0 Å². The number of pyridine rings is 1. The lowest BCUT2D eigenvalue weighted by molar-refractivity contribution is 1.07. The lowest BCUT2D eigenvalue weighted by Gasteiger charge is -2.10. The molecule has 43 heavy (non-hydrogen) atoms. The fourth-order valence-electron chi connectivity index (χ4n) is 5.03. The Morgan fingerprint density at radius 3 is 1.40 bits per heavy atom. The zero-order chi connectivity index (χ0) is 29.0. The minimum absolute atomic E-state index is 0.630. The van der Waals surface area contributed by atoms with Crippen molar-refractivity contribution in [3.05, 3.63) is 156 Å². The predicted octanol–water partition coefficient (Wildman–Crippen LogP) is 10.0. The average Bonchev–Trinajstić information content (AvgIpc) is 3.09. The number of halogens is 1. The highest BCUT2D eigenvalue weighted by atomic mass is 79.9. The Balaban J connectivity index is 1.26. The molecule has 0 aliphatic heterocycles. The predicted molar refractivity (Wildman–Crippen MR) is 178 cm³/mol. The van der Waals surface area contributed by atoms with Crippen LogP contribution in [0.3, 0.4) is 0 Å². The summed E-state index contributed by atoms with van der Waals surface area (Å²) in [4.78, 5) is 19.0. The van der Waals surface area contributed by atoms with E-state index in [9.17, 15) is 0 Å². The first-order valence-corrected chi connectivity index (χ1v) is 14.8. The molecule has 204 valence electrons. The molecule has 0 saturated carbocycles. The van der Waals surface area contributed by atoms with Crippen molar-refractivity contribution in [2.24, 2.45) is 0 Å². The summed E-state index contributed by atoms with van der Waals surface area (Å²) in [5.74, 6) is 1.90. The van der Waals surface area contributed by atoms with E-state index in [4.69, 9.17) is 15.0 Å². The second-order valence-electron chi connectivity index (χ2n) is 10.2. The van der Waals surface area contributed by atoms with Gasteiger partial charge in [-0.3, -0.25) is 4.98 Å². The molecule has 0 amide bonds. The molecule has 0 radical (unpaired) electrons. The maximum Gasteiger partial charge on any atom is 0.164 e. The van der Waals surface area contributed by atoms with Gasteiger partial charge in [0, 0.05) is 33.6 Å². The van der Waals surface area contributed by atoms with Crippen molar-refractivity contribution in [3.63, 3.8) is 0 Å². The van der Waals surface area contributed by atoms with Gasteiger partial charge in [0.15, 0.2) is 17.5 Å². The molecule has 7 aromatic rings. The number of hydrogen-bond donors (Lipinski definition) is 0. The van der Waals surface area contributed by atoms with Gasteiger partial charge in [0.25, 0.3) is 0 Å². The van der Waals surface area contributed by atoms with E-state index in [0.717, 1.165) is 43.4 Å². The summed E-state index contributed by atoms with van der Waals surface area (Å²) < 4.78 is 1.07. The molecule has 7 rings (SSSR count). The Labute approximate surface area is 259 Å². The Bertz CT molecular complexity index is 1990. The monoisotopic (exact) mass is 616 g/mol. The van der Waals surface area contributed by atoms with Crippen molar-refractivity contribution >= 4 is 15.9 Å². The molecule has 0 spiro atoms. The molecule has 2 aromatic heterocycles. The SMILES string of the molecule is Brc1ccc(-c2ccc(-c3cccc(-c4nc(-c5ccccc5)nc(-c5ccc(-c6cccnc6)cc5)n4)c3)cc2)cc1. The van der Waals surface area contributed by atoms with E-state index in [1.165, 1.54) is 11.1 Å². The lowest BCUT2D eigenvalue weighted by atomic mass is 9.99. The van der Waals surface area contributed by atoms with Gasteiger partial charge in [-0.2, -0.15) is 0 Å². The van der Waals surface area contributed by atoms with Gasteiger partial charge in [-0.25, -0.2) is 15.0 Å². The summed E-state index contributed by atoms with van der Waals surface area (Å²) >= 11 is 3.52. The first-order chi connectivity index (χ1) is 21.2. The molecule has 0 saturated heterocycles. The van der Waals surface area contributed by atoms with Crippen molar-refractivity contribution in [1.29, 1.82) is 0 Å². The number of nitrogens with zero attached hydrogens (tertiary/aromatic N) is 4. The van der Waals surface area contributed by atoms with E-state index in [1.807, 2.05) is 42.6 Å². The molecule has 0 aliphatic rings. The van der Waals surface area contributed by atoms with Crippen LogP contribution >= 0.6 is 15.9 Å². The quantitative estimate of drug-likeness (QED) is 0.186. The Morgan fingerprint density at radius 1 is 0.349 bits per heavy atom. The highest BCUT2D eigenvalue weighted by Crippen LogP contribution is 2.30. The Kier molecular flexibility index (Phi) is 7.38. The van der Waals surface area contributed by atoms with Crippen LogP contribution in [0.4, 0.5) is 0 Å². The maximum absolute atomic E-state index is 4.96. The highest BCUT2D eigenvalue weighted by molar-refractivity contribution is 9.10. The van der Waals surface area contributed by atoms with Crippen LogP contribution in [-0.4, -0.2) is 19.9 Å². The first-order valence-electron chi connectivity index (χ1n) is 14.0. The second-order valence-corrected chi connectivity index (χ2v) is 11.1. The van der Waals surface area contributed by atoms with Crippen LogP contribution in [0, 0.1) is 0 Å². The molecule has 5 heteroatoms. The molecule has 0 N–H and O–H groups in total. The van der Waals surface area contributed by atoms with Crippen LogP contribution < -0.4 is 0 Å². The Hall–Kier alpha value is -5.26. The molecule has 0 atom stereocenters. The number of aromatic nitrogens is 4. The van der Waals surface area contributed by atoms with Crippen LogP contribution in [0.2, 0.25) is 0 Å². The first kappa shape index (κ1) is 26.6. The van der Waals surface area contributed by atoms with E-state index >= 15 is 0 Å². The second kappa shape index (κ2) is 11.9. The number of rotatable bonds is 6. The highest BCUT2D eigenvalue weighted by Gasteiger charge is 2.13. The molecule has 0 unspecified atom stereocenters. The zero-order valence-electron chi connectivity index (χ0n) is 23.1. The largest absolute Gasteiger partial charge is 0.264 e. The molecular weight excluding hydrogens is 592 g/mol. The van der Waals surface area contributed by atoms with Crippen molar-refractivity contribution in [3.8, 4) is 67.5 Å². The third kappa shape index (κ3) is 5.89. The van der Waals surface area contributed by atoms with Crippen molar-refractivity contribution in [2.75, 3.05) is 0 Å². The van der Waals surface area contributed by atoms with Gasteiger partial charge in [0.05, 0.1) is 0 Å². The molecule has 0 aliphatic carbocycles. The maximum atomic E-state index is 4.96. The molecule has 2 heterocycles. The standard InChI is InChI=1S/C38H25BrN4/c39-35-21-19-27(20-22-35)26-11-13-28(14-12-26)32-8-4-9-33(24-32)38-42-36(30-6-2-1-3-7-30)41-37(43-38)31-17-15-29(16-18-31)34-10-5-23-40-25-34/h1-25H. The smallest absolute Gasteiger partial charge is 0.164 e. The van der Waals surface area contributed by atoms with Crippen molar-refractivity contribution in [1.82, 2.24) is 19.9 Å². The van der Waals surface area contributed by atoms with Crippen molar-refractivity contribution < 1.29 is 0 Å². The third-order valence-electron chi connectivity index (χ3n) is 7.32. The molecule has 0 bridgehead atoms. The van der Waals surface area contributed by atoms with Gasteiger partial charge < -0.3 is 0 Å². The van der Waals surface area contributed by atoms with Crippen LogP contribution in [0.25, 0.3) is 67.5 Å². The van der Waals surface area contributed by atoms with Crippen LogP contribution in [0.5, 0.6) is 0 Å². The van der Waals surface area contributed by atoms with Gasteiger partial charge in [0.2, 0.25) is 0 Å². The molecule has 5 aromatic carbocycles. The molecule has 0 fully saturated rings. The fraction of sp³-hybridized carbons (Fsp3) is 0. The minimum atomic E-state index is 0.630. The van der Waals surface area contributed by atoms with E-state index in [1.54, 1.807) is 6.20 Å². The van der Waals surface area contributed by atoms with E-state index in [0.29, 0.717) is 17.5 Å². The summed E-state index contributed by atoms with van der Waals surface area (Å²) in [7, 11) is 0.